The van der Waals surface area contributed by atoms with E-state index in [2.05, 4.69) is 13.8 Å². The molecule has 2 aromatic rings. The van der Waals surface area contributed by atoms with Gasteiger partial charge in [0.15, 0.2) is 4.91 Å². The Hall–Kier alpha value is -2.29. The molecule has 1 heterocycles. The first-order chi connectivity index (χ1) is 11.3. The summed E-state index contributed by atoms with van der Waals surface area (Å²) in [5.74, 6) is 0.330. The van der Waals surface area contributed by atoms with Crippen molar-refractivity contribution in [2.24, 2.45) is 0 Å². The SMILES string of the molecule is CC(C)c1cccc(N2C=C(C#N)S(=O)(=O)c3ccc(Cl)cc32)c1. The van der Waals surface area contributed by atoms with Crippen LogP contribution in [0.1, 0.15) is 25.3 Å². The lowest BCUT2D eigenvalue weighted by atomic mass is 10.0. The maximum Gasteiger partial charge on any atom is 0.220 e. The van der Waals surface area contributed by atoms with Gasteiger partial charge in [-0.2, -0.15) is 5.26 Å². The van der Waals surface area contributed by atoms with Gasteiger partial charge in [0.2, 0.25) is 9.84 Å². The van der Waals surface area contributed by atoms with E-state index in [0.717, 1.165) is 11.3 Å². The predicted molar refractivity (Wildman–Crippen MR) is 95.0 cm³/mol. The van der Waals surface area contributed by atoms with Crippen LogP contribution in [-0.2, 0) is 9.84 Å². The molecule has 122 valence electrons. The lowest BCUT2D eigenvalue weighted by Gasteiger charge is -2.28. The molecule has 0 aromatic heterocycles. The van der Waals surface area contributed by atoms with Gasteiger partial charge in [-0.1, -0.05) is 37.6 Å². The normalized spacial score (nSPS) is 15.6. The zero-order valence-corrected chi connectivity index (χ0v) is 14.8. The minimum atomic E-state index is -3.82. The third-order valence-corrected chi connectivity index (χ3v) is 5.87. The molecule has 0 radical (unpaired) electrons. The minimum absolute atomic E-state index is 0.0842. The van der Waals surface area contributed by atoms with Gasteiger partial charge < -0.3 is 4.90 Å². The van der Waals surface area contributed by atoms with Gasteiger partial charge in [0.25, 0.3) is 0 Å². The molecule has 3 rings (SSSR count). The molecule has 0 fully saturated rings. The van der Waals surface area contributed by atoms with Crippen molar-refractivity contribution in [3.05, 3.63) is 64.2 Å². The molecule has 0 atom stereocenters. The summed E-state index contributed by atoms with van der Waals surface area (Å²) in [5.41, 5.74) is 2.35. The number of sulfone groups is 1. The van der Waals surface area contributed by atoms with Crippen molar-refractivity contribution in [2.45, 2.75) is 24.7 Å². The maximum atomic E-state index is 12.5. The van der Waals surface area contributed by atoms with Crippen LogP contribution in [0, 0.1) is 11.3 Å². The summed E-state index contributed by atoms with van der Waals surface area (Å²) in [6.07, 6.45) is 1.35. The van der Waals surface area contributed by atoms with Crippen molar-refractivity contribution in [3.63, 3.8) is 0 Å². The molecule has 1 aliphatic rings. The largest absolute Gasteiger partial charge is 0.314 e. The Kier molecular flexibility index (Phi) is 4.12. The van der Waals surface area contributed by atoms with Crippen molar-refractivity contribution in [2.75, 3.05) is 4.90 Å². The van der Waals surface area contributed by atoms with Gasteiger partial charge in [-0.25, -0.2) is 8.42 Å². The zero-order valence-electron chi connectivity index (χ0n) is 13.2. The van der Waals surface area contributed by atoms with Gasteiger partial charge in [0, 0.05) is 16.9 Å². The lowest BCUT2D eigenvalue weighted by molar-refractivity contribution is 0.602. The summed E-state index contributed by atoms with van der Waals surface area (Å²) in [5, 5.41) is 9.70. The van der Waals surface area contributed by atoms with Crippen LogP contribution in [0.5, 0.6) is 0 Å². The molecule has 0 spiro atoms. The number of anilines is 2. The molecule has 0 amide bonds. The highest BCUT2D eigenvalue weighted by Gasteiger charge is 2.32. The first kappa shape index (κ1) is 16.6. The molecule has 6 heteroatoms. The maximum absolute atomic E-state index is 12.5. The monoisotopic (exact) mass is 358 g/mol. The van der Waals surface area contributed by atoms with Gasteiger partial charge >= 0.3 is 0 Å². The number of hydrogen-bond donors (Lipinski definition) is 0. The van der Waals surface area contributed by atoms with Crippen LogP contribution in [0.3, 0.4) is 0 Å². The first-order valence-electron chi connectivity index (χ1n) is 7.40. The van der Waals surface area contributed by atoms with Crippen LogP contribution in [-0.4, -0.2) is 8.42 Å². The molecule has 0 bridgehead atoms. The third kappa shape index (κ3) is 2.68. The summed E-state index contributed by atoms with van der Waals surface area (Å²) in [6.45, 7) is 4.17. The van der Waals surface area contributed by atoms with Crippen LogP contribution in [0.15, 0.2) is 58.5 Å². The molecular formula is C18H15ClN2O2S. The summed E-state index contributed by atoms with van der Waals surface area (Å²) in [6, 6.07) is 14.1. The lowest BCUT2D eigenvalue weighted by Crippen LogP contribution is -2.21. The van der Waals surface area contributed by atoms with Gasteiger partial charge in [0.1, 0.15) is 6.07 Å². The number of rotatable bonds is 2. The van der Waals surface area contributed by atoms with E-state index < -0.39 is 9.84 Å². The van der Waals surface area contributed by atoms with Crippen LogP contribution < -0.4 is 4.90 Å². The topological polar surface area (TPSA) is 61.2 Å². The number of fused-ring (bicyclic) bond motifs is 1. The average Bonchev–Trinajstić information content (AvgIpc) is 2.54. The van der Waals surface area contributed by atoms with Gasteiger partial charge in [-0.05, 0) is 41.8 Å². The van der Waals surface area contributed by atoms with E-state index in [9.17, 15) is 13.7 Å². The molecule has 0 aliphatic carbocycles. The first-order valence-corrected chi connectivity index (χ1v) is 9.26. The fourth-order valence-corrected chi connectivity index (χ4v) is 4.06. The molecule has 2 aromatic carbocycles. The number of benzene rings is 2. The second-order valence-electron chi connectivity index (χ2n) is 5.84. The Balaban J connectivity index is 2.27. The molecular weight excluding hydrogens is 344 g/mol. The molecule has 24 heavy (non-hydrogen) atoms. The standard InChI is InChI=1S/C18H15ClN2O2S/c1-12(2)13-4-3-5-15(8-13)21-11-16(10-20)24(22,23)18-7-6-14(19)9-17(18)21/h3-9,11-12H,1-2H3. The van der Waals surface area contributed by atoms with E-state index >= 15 is 0 Å². The van der Waals surface area contributed by atoms with Crippen molar-refractivity contribution < 1.29 is 8.42 Å². The van der Waals surface area contributed by atoms with E-state index in [1.54, 1.807) is 17.0 Å². The highest BCUT2D eigenvalue weighted by Crippen LogP contribution is 2.41. The number of halogens is 1. The predicted octanol–water partition coefficient (Wildman–Crippen LogP) is 4.75. The molecule has 0 saturated heterocycles. The summed E-state index contributed by atoms with van der Waals surface area (Å²) in [4.78, 5) is 1.50. The van der Waals surface area contributed by atoms with Crippen LogP contribution >= 0.6 is 11.6 Å². The quantitative estimate of drug-likeness (QED) is 0.776. The summed E-state index contributed by atoms with van der Waals surface area (Å²) >= 11 is 6.07. The van der Waals surface area contributed by atoms with Gasteiger partial charge in [0.05, 0.1) is 10.6 Å². The van der Waals surface area contributed by atoms with Gasteiger partial charge in [-0.15, -0.1) is 0 Å². The molecule has 1 aliphatic heterocycles. The fourth-order valence-electron chi connectivity index (χ4n) is 2.62. The highest BCUT2D eigenvalue weighted by atomic mass is 35.5. The van der Waals surface area contributed by atoms with Crippen LogP contribution in [0.25, 0.3) is 0 Å². The molecule has 4 nitrogen and oxygen atoms in total. The Labute approximate surface area is 146 Å². The summed E-state index contributed by atoms with van der Waals surface area (Å²) < 4.78 is 25.1. The summed E-state index contributed by atoms with van der Waals surface area (Å²) in [7, 11) is -3.82. The Bertz CT molecular complexity index is 988. The van der Waals surface area contributed by atoms with Gasteiger partial charge in [-0.3, -0.25) is 0 Å². The molecule has 0 unspecified atom stereocenters. The van der Waals surface area contributed by atoms with Crippen molar-refractivity contribution in [1.29, 1.82) is 5.26 Å². The van der Waals surface area contributed by atoms with E-state index in [1.165, 1.54) is 18.3 Å². The Morgan fingerprint density at radius 3 is 2.58 bits per heavy atom. The molecule has 0 saturated carbocycles. The number of nitriles is 1. The van der Waals surface area contributed by atoms with Crippen molar-refractivity contribution in [1.82, 2.24) is 0 Å². The van der Waals surface area contributed by atoms with E-state index in [0.29, 0.717) is 16.6 Å². The highest BCUT2D eigenvalue weighted by molar-refractivity contribution is 7.95. The minimum Gasteiger partial charge on any atom is -0.314 e. The van der Waals surface area contributed by atoms with E-state index in [-0.39, 0.29) is 9.80 Å². The fraction of sp³-hybridized carbons (Fsp3) is 0.167. The van der Waals surface area contributed by atoms with Crippen molar-refractivity contribution >= 4 is 32.8 Å². The third-order valence-electron chi connectivity index (χ3n) is 3.93. The molecule has 0 N–H and O–H groups in total. The second-order valence-corrected chi connectivity index (χ2v) is 8.16. The van der Waals surface area contributed by atoms with E-state index in [1.807, 2.05) is 24.3 Å². The number of hydrogen-bond acceptors (Lipinski definition) is 4. The van der Waals surface area contributed by atoms with Crippen LogP contribution in [0.2, 0.25) is 5.02 Å². The van der Waals surface area contributed by atoms with Crippen molar-refractivity contribution in [3.8, 4) is 6.07 Å². The van der Waals surface area contributed by atoms with E-state index in [4.69, 9.17) is 11.6 Å². The van der Waals surface area contributed by atoms with Crippen LogP contribution in [0.4, 0.5) is 11.4 Å². The smallest absolute Gasteiger partial charge is 0.220 e. The number of nitrogens with zero attached hydrogens (tertiary/aromatic N) is 2. The second kappa shape index (κ2) is 5.97. The number of allylic oxidation sites excluding steroid dienone is 1. The Morgan fingerprint density at radius 2 is 1.92 bits per heavy atom. The Morgan fingerprint density at radius 1 is 1.17 bits per heavy atom. The zero-order chi connectivity index (χ0) is 17.5. The average molecular weight is 359 g/mol.